The summed E-state index contributed by atoms with van der Waals surface area (Å²) in [6.45, 7) is -3.02. The van der Waals surface area contributed by atoms with Gasteiger partial charge in [-0.3, -0.25) is 14.9 Å². The van der Waals surface area contributed by atoms with Crippen LogP contribution >= 0.6 is 0 Å². The van der Waals surface area contributed by atoms with Crippen LogP contribution in [-0.4, -0.2) is 23.7 Å². The number of amides is 1. The zero-order valence-corrected chi connectivity index (χ0v) is 14.2. The second-order valence-electron chi connectivity index (χ2n) is 5.58. The molecule has 142 valence electrons. The Morgan fingerprint density at radius 1 is 1.14 bits per heavy atom. The van der Waals surface area contributed by atoms with Gasteiger partial charge in [-0.05, 0) is 22.9 Å². The minimum absolute atomic E-state index is 0.0355. The summed E-state index contributed by atoms with van der Waals surface area (Å²) in [5.74, 6) is -0.779. The lowest BCUT2D eigenvalue weighted by molar-refractivity contribution is -0.384. The van der Waals surface area contributed by atoms with Crippen molar-refractivity contribution < 1.29 is 23.2 Å². The lowest BCUT2D eigenvalue weighted by atomic mass is 10.0. The van der Waals surface area contributed by atoms with Crippen LogP contribution in [0.1, 0.15) is 15.9 Å². The highest BCUT2D eigenvalue weighted by Gasteiger charge is 2.13. The Balaban J connectivity index is 1.87. The summed E-state index contributed by atoms with van der Waals surface area (Å²) in [6, 6.07) is 15.2. The molecule has 0 saturated heterocycles. The number of hydrazone groups is 1. The zero-order chi connectivity index (χ0) is 20.1. The van der Waals surface area contributed by atoms with Crippen LogP contribution in [0.2, 0.25) is 0 Å². The van der Waals surface area contributed by atoms with Crippen LogP contribution in [0.4, 0.5) is 14.5 Å². The van der Waals surface area contributed by atoms with Crippen molar-refractivity contribution in [1.82, 2.24) is 5.43 Å². The Kier molecular flexibility index (Phi) is 5.54. The number of carbonyl (C=O) groups is 1. The number of nitrogens with one attached hydrogen (secondary N) is 1. The molecule has 0 aliphatic heterocycles. The maximum atomic E-state index is 12.7. The highest BCUT2D eigenvalue weighted by atomic mass is 19.3. The number of alkyl halides is 2. The maximum absolute atomic E-state index is 12.7. The van der Waals surface area contributed by atoms with Crippen molar-refractivity contribution in [3.05, 3.63) is 81.9 Å². The van der Waals surface area contributed by atoms with Crippen LogP contribution in [0.5, 0.6) is 5.75 Å². The number of hydrogen-bond donors (Lipinski definition) is 1. The average molecular weight is 385 g/mol. The number of ether oxygens (including phenoxy) is 1. The zero-order valence-electron chi connectivity index (χ0n) is 14.2. The number of rotatable bonds is 6. The van der Waals surface area contributed by atoms with E-state index in [1.165, 1.54) is 30.5 Å². The number of nitro groups is 1. The van der Waals surface area contributed by atoms with Gasteiger partial charge in [-0.1, -0.05) is 36.4 Å². The van der Waals surface area contributed by atoms with Crippen molar-refractivity contribution in [1.29, 1.82) is 0 Å². The number of halogens is 2. The highest BCUT2D eigenvalue weighted by Crippen LogP contribution is 2.27. The molecule has 0 aliphatic carbocycles. The SMILES string of the molecule is O=C(N/N=C\c1c(OC(F)F)ccc2ccccc12)c1cccc([N+](=O)[O-])c1. The molecule has 0 unspecified atom stereocenters. The fourth-order valence-corrected chi connectivity index (χ4v) is 2.59. The monoisotopic (exact) mass is 385 g/mol. The van der Waals surface area contributed by atoms with Gasteiger partial charge in [-0.2, -0.15) is 13.9 Å². The van der Waals surface area contributed by atoms with E-state index in [1.54, 1.807) is 30.3 Å². The van der Waals surface area contributed by atoms with Crippen LogP contribution in [0, 0.1) is 10.1 Å². The predicted molar refractivity (Wildman–Crippen MR) is 98.7 cm³/mol. The van der Waals surface area contributed by atoms with Gasteiger partial charge in [-0.15, -0.1) is 0 Å². The number of nitro benzene ring substituents is 1. The molecule has 0 radical (unpaired) electrons. The second-order valence-corrected chi connectivity index (χ2v) is 5.58. The van der Waals surface area contributed by atoms with Crippen molar-refractivity contribution in [2.75, 3.05) is 0 Å². The molecule has 0 aromatic heterocycles. The molecule has 0 bridgehead atoms. The van der Waals surface area contributed by atoms with Crippen molar-refractivity contribution in [3.8, 4) is 5.75 Å². The van der Waals surface area contributed by atoms with Gasteiger partial charge in [0.15, 0.2) is 0 Å². The number of non-ortho nitro benzene ring substituents is 1. The summed E-state index contributed by atoms with van der Waals surface area (Å²) in [6.07, 6.45) is 1.19. The van der Waals surface area contributed by atoms with E-state index in [2.05, 4.69) is 15.3 Å². The van der Waals surface area contributed by atoms with Gasteiger partial charge < -0.3 is 4.74 Å². The predicted octanol–water partition coefficient (Wildman–Crippen LogP) is 4.11. The molecule has 0 atom stereocenters. The summed E-state index contributed by atoms with van der Waals surface area (Å²) < 4.78 is 29.9. The van der Waals surface area contributed by atoms with Crippen molar-refractivity contribution in [2.45, 2.75) is 6.61 Å². The smallest absolute Gasteiger partial charge is 0.387 e. The molecule has 28 heavy (non-hydrogen) atoms. The Bertz CT molecular complexity index is 1070. The van der Waals surface area contributed by atoms with Gasteiger partial charge >= 0.3 is 6.61 Å². The largest absolute Gasteiger partial charge is 0.434 e. The fourth-order valence-electron chi connectivity index (χ4n) is 2.59. The molecule has 0 fully saturated rings. The molecule has 0 saturated carbocycles. The van der Waals surface area contributed by atoms with E-state index in [-0.39, 0.29) is 22.6 Å². The molecule has 9 heteroatoms. The molecule has 0 heterocycles. The molecule has 1 N–H and O–H groups in total. The average Bonchev–Trinajstić information content (AvgIpc) is 2.69. The quantitative estimate of drug-likeness (QED) is 0.392. The van der Waals surface area contributed by atoms with Crippen LogP contribution < -0.4 is 10.2 Å². The van der Waals surface area contributed by atoms with Crippen LogP contribution in [0.3, 0.4) is 0 Å². The Hall–Kier alpha value is -3.88. The first-order valence-corrected chi connectivity index (χ1v) is 8.00. The van der Waals surface area contributed by atoms with Crippen LogP contribution in [-0.2, 0) is 0 Å². The normalized spacial score (nSPS) is 11.1. The molecule has 3 aromatic carbocycles. The molecular formula is C19H13F2N3O4. The first-order valence-electron chi connectivity index (χ1n) is 8.00. The fraction of sp³-hybridized carbons (Fsp3) is 0.0526. The third kappa shape index (κ3) is 4.26. The van der Waals surface area contributed by atoms with E-state index in [1.807, 2.05) is 0 Å². The Morgan fingerprint density at radius 2 is 1.93 bits per heavy atom. The second kappa shape index (κ2) is 8.21. The molecule has 0 spiro atoms. The first-order chi connectivity index (χ1) is 13.5. The van der Waals surface area contributed by atoms with Crippen molar-refractivity contribution >= 4 is 28.6 Å². The van der Waals surface area contributed by atoms with E-state index in [0.29, 0.717) is 5.39 Å². The minimum Gasteiger partial charge on any atom is -0.434 e. The summed E-state index contributed by atoms with van der Waals surface area (Å²) >= 11 is 0. The summed E-state index contributed by atoms with van der Waals surface area (Å²) in [7, 11) is 0. The van der Waals surface area contributed by atoms with Gasteiger partial charge in [0, 0.05) is 23.3 Å². The maximum Gasteiger partial charge on any atom is 0.387 e. The minimum atomic E-state index is -3.02. The van der Waals surface area contributed by atoms with Gasteiger partial charge in [0.05, 0.1) is 11.1 Å². The number of benzene rings is 3. The lowest BCUT2D eigenvalue weighted by Crippen LogP contribution is -2.17. The van der Waals surface area contributed by atoms with Gasteiger partial charge in [-0.25, -0.2) is 5.43 Å². The summed E-state index contributed by atoms with van der Waals surface area (Å²) in [5.41, 5.74) is 2.28. The summed E-state index contributed by atoms with van der Waals surface area (Å²) in [4.78, 5) is 22.3. The first kappa shape index (κ1) is 18.9. The van der Waals surface area contributed by atoms with Gasteiger partial charge in [0.1, 0.15) is 5.75 Å². The Morgan fingerprint density at radius 3 is 2.68 bits per heavy atom. The van der Waals surface area contributed by atoms with E-state index in [0.717, 1.165) is 11.5 Å². The summed E-state index contributed by atoms with van der Waals surface area (Å²) in [5, 5.41) is 16.0. The van der Waals surface area contributed by atoms with Gasteiger partial charge in [0.2, 0.25) is 0 Å². The standard InChI is InChI=1S/C19H13F2N3O4/c20-19(21)28-17-9-8-12-4-1-2-7-15(12)16(17)11-22-23-18(25)13-5-3-6-14(10-13)24(26)27/h1-11,19H,(H,23,25)/b22-11-. The van der Waals surface area contributed by atoms with Crippen molar-refractivity contribution in [3.63, 3.8) is 0 Å². The third-order valence-electron chi connectivity index (χ3n) is 3.83. The molecular weight excluding hydrogens is 372 g/mol. The van der Waals surface area contributed by atoms with E-state index in [9.17, 15) is 23.7 Å². The molecule has 3 aromatic rings. The molecule has 7 nitrogen and oxygen atoms in total. The number of nitrogens with zero attached hydrogens (tertiary/aromatic N) is 2. The van der Waals surface area contributed by atoms with Crippen molar-refractivity contribution in [2.24, 2.45) is 5.10 Å². The lowest BCUT2D eigenvalue weighted by Gasteiger charge is -2.10. The molecule has 1 amide bonds. The third-order valence-corrected chi connectivity index (χ3v) is 3.83. The van der Waals surface area contributed by atoms with E-state index >= 15 is 0 Å². The highest BCUT2D eigenvalue weighted by molar-refractivity contribution is 6.03. The Labute approximate surface area is 157 Å². The van der Waals surface area contributed by atoms with Gasteiger partial charge in [0.25, 0.3) is 11.6 Å². The molecule has 3 rings (SSSR count). The number of hydrogen-bond acceptors (Lipinski definition) is 5. The van der Waals surface area contributed by atoms with E-state index in [4.69, 9.17) is 0 Å². The van der Waals surface area contributed by atoms with Crippen LogP contribution in [0.15, 0.2) is 65.8 Å². The number of fused-ring (bicyclic) bond motifs is 1. The van der Waals surface area contributed by atoms with Crippen LogP contribution in [0.25, 0.3) is 10.8 Å². The number of carbonyl (C=O) groups excluding carboxylic acids is 1. The van der Waals surface area contributed by atoms with E-state index < -0.39 is 17.4 Å². The molecule has 0 aliphatic rings. The topological polar surface area (TPSA) is 93.8 Å².